The SMILES string of the molecule is OC1(C(F)(F)F)CC(c2ccco2)=NN1c1ccc(Br)cn1. The van der Waals surface area contributed by atoms with Gasteiger partial charge in [0.1, 0.15) is 11.5 Å². The molecule has 0 saturated heterocycles. The van der Waals surface area contributed by atoms with Crippen molar-refractivity contribution in [1.82, 2.24) is 4.98 Å². The van der Waals surface area contributed by atoms with Gasteiger partial charge < -0.3 is 9.52 Å². The monoisotopic (exact) mass is 375 g/mol. The van der Waals surface area contributed by atoms with Gasteiger partial charge in [-0.15, -0.1) is 0 Å². The smallest absolute Gasteiger partial charge is 0.438 e. The zero-order valence-corrected chi connectivity index (χ0v) is 12.5. The molecule has 116 valence electrons. The maximum atomic E-state index is 13.3. The molecule has 1 atom stereocenters. The highest BCUT2D eigenvalue weighted by Gasteiger charge is 2.62. The zero-order chi connectivity index (χ0) is 16.0. The van der Waals surface area contributed by atoms with E-state index in [2.05, 4.69) is 26.0 Å². The summed E-state index contributed by atoms with van der Waals surface area (Å²) in [6, 6.07) is 5.86. The number of anilines is 1. The predicted molar refractivity (Wildman–Crippen MR) is 75.3 cm³/mol. The zero-order valence-electron chi connectivity index (χ0n) is 10.9. The molecule has 0 bridgehead atoms. The molecule has 1 aliphatic rings. The molecular formula is C13H9BrF3N3O2. The minimum Gasteiger partial charge on any atom is -0.463 e. The molecule has 0 radical (unpaired) electrons. The van der Waals surface area contributed by atoms with Gasteiger partial charge in [-0.3, -0.25) is 0 Å². The van der Waals surface area contributed by atoms with E-state index in [1.807, 2.05) is 0 Å². The summed E-state index contributed by atoms with van der Waals surface area (Å²) in [5, 5.41) is 14.5. The fourth-order valence-electron chi connectivity index (χ4n) is 2.08. The van der Waals surface area contributed by atoms with Crippen LogP contribution in [0.1, 0.15) is 12.2 Å². The Bertz CT molecular complexity index is 700. The van der Waals surface area contributed by atoms with Gasteiger partial charge in [0, 0.05) is 10.7 Å². The average Bonchev–Trinajstić information content (AvgIpc) is 3.07. The van der Waals surface area contributed by atoms with Gasteiger partial charge in [-0.2, -0.15) is 18.3 Å². The molecule has 2 aromatic rings. The van der Waals surface area contributed by atoms with Crippen molar-refractivity contribution in [3.05, 3.63) is 47.0 Å². The van der Waals surface area contributed by atoms with E-state index in [0.29, 0.717) is 9.48 Å². The van der Waals surface area contributed by atoms with Crippen LogP contribution in [0, 0.1) is 0 Å². The summed E-state index contributed by atoms with van der Waals surface area (Å²) in [7, 11) is 0. The molecule has 0 aliphatic carbocycles. The van der Waals surface area contributed by atoms with Gasteiger partial charge in [0.2, 0.25) is 0 Å². The third-order valence-electron chi connectivity index (χ3n) is 3.17. The van der Waals surface area contributed by atoms with Crippen LogP contribution in [0.25, 0.3) is 0 Å². The molecule has 9 heteroatoms. The van der Waals surface area contributed by atoms with E-state index in [4.69, 9.17) is 4.42 Å². The predicted octanol–water partition coefficient (Wildman–Crippen LogP) is 3.30. The highest BCUT2D eigenvalue weighted by atomic mass is 79.9. The molecule has 2 aromatic heterocycles. The van der Waals surface area contributed by atoms with Crippen LogP contribution >= 0.6 is 15.9 Å². The Morgan fingerprint density at radius 1 is 1.32 bits per heavy atom. The van der Waals surface area contributed by atoms with Crippen LogP contribution in [0.2, 0.25) is 0 Å². The lowest BCUT2D eigenvalue weighted by molar-refractivity contribution is -0.254. The highest BCUT2D eigenvalue weighted by molar-refractivity contribution is 9.10. The minimum absolute atomic E-state index is 0.00505. The number of aromatic nitrogens is 1. The molecule has 1 aliphatic heterocycles. The van der Waals surface area contributed by atoms with Crippen LogP contribution in [0.4, 0.5) is 19.0 Å². The van der Waals surface area contributed by atoms with Crippen molar-refractivity contribution in [2.24, 2.45) is 5.10 Å². The van der Waals surface area contributed by atoms with Crippen LogP contribution in [0.5, 0.6) is 0 Å². The first-order valence-corrected chi connectivity index (χ1v) is 6.93. The largest absolute Gasteiger partial charge is 0.463 e. The van der Waals surface area contributed by atoms with Crippen molar-refractivity contribution < 1.29 is 22.7 Å². The molecule has 1 N–H and O–H groups in total. The number of halogens is 4. The summed E-state index contributed by atoms with van der Waals surface area (Å²) < 4.78 is 45.7. The van der Waals surface area contributed by atoms with Crippen LogP contribution in [-0.2, 0) is 0 Å². The van der Waals surface area contributed by atoms with Crippen molar-refractivity contribution in [2.45, 2.75) is 18.3 Å². The molecular weight excluding hydrogens is 367 g/mol. The Kier molecular flexibility index (Phi) is 3.48. The molecule has 0 fully saturated rings. The van der Waals surface area contributed by atoms with E-state index >= 15 is 0 Å². The number of nitrogens with zero attached hydrogens (tertiary/aromatic N) is 3. The summed E-state index contributed by atoms with van der Waals surface area (Å²) in [5.74, 6) is 0.0480. The van der Waals surface area contributed by atoms with Gasteiger partial charge >= 0.3 is 6.18 Å². The summed E-state index contributed by atoms with van der Waals surface area (Å²) in [5.41, 5.74) is -3.18. The lowest BCUT2D eigenvalue weighted by Crippen LogP contribution is -2.55. The molecule has 1 unspecified atom stereocenters. The van der Waals surface area contributed by atoms with Gasteiger partial charge in [-0.05, 0) is 40.2 Å². The van der Waals surface area contributed by atoms with Crippen LogP contribution in [0.3, 0.4) is 0 Å². The Labute approximate surface area is 131 Å². The first kappa shape index (κ1) is 15.0. The standard InChI is InChI=1S/C13H9BrF3N3O2/c14-8-3-4-11(18-7-8)20-12(21,13(15,16)17)6-9(19-20)10-2-1-5-22-10/h1-5,7,21H,6H2. The number of furan rings is 1. The summed E-state index contributed by atoms with van der Waals surface area (Å²) in [6.45, 7) is 0. The second-order valence-corrected chi connectivity index (χ2v) is 5.58. The van der Waals surface area contributed by atoms with Crippen molar-refractivity contribution in [2.75, 3.05) is 5.01 Å². The van der Waals surface area contributed by atoms with E-state index in [1.165, 1.54) is 36.7 Å². The van der Waals surface area contributed by atoms with E-state index in [9.17, 15) is 18.3 Å². The topological polar surface area (TPSA) is 61.9 Å². The van der Waals surface area contributed by atoms with Crippen LogP contribution in [-0.4, -0.2) is 27.7 Å². The van der Waals surface area contributed by atoms with Gasteiger partial charge in [0.05, 0.1) is 12.7 Å². The Morgan fingerprint density at radius 3 is 2.64 bits per heavy atom. The van der Waals surface area contributed by atoms with Crippen molar-refractivity contribution in [1.29, 1.82) is 0 Å². The molecule has 22 heavy (non-hydrogen) atoms. The van der Waals surface area contributed by atoms with Gasteiger partial charge in [0.15, 0.2) is 5.82 Å². The molecule has 5 nitrogen and oxygen atoms in total. The van der Waals surface area contributed by atoms with Crippen molar-refractivity contribution in [3.63, 3.8) is 0 Å². The first-order valence-electron chi connectivity index (χ1n) is 6.13. The molecule has 0 amide bonds. The molecule has 0 spiro atoms. The quantitative estimate of drug-likeness (QED) is 0.874. The van der Waals surface area contributed by atoms with Gasteiger partial charge in [-0.25, -0.2) is 9.99 Å². The molecule has 0 aromatic carbocycles. The molecule has 3 heterocycles. The fraction of sp³-hybridized carbons (Fsp3) is 0.231. The van der Waals surface area contributed by atoms with E-state index in [1.54, 1.807) is 0 Å². The summed E-state index contributed by atoms with van der Waals surface area (Å²) in [6.07, 6.45) is -3.01. The molecule has 0 saturated carbocycles. The third-order valence-corrected chi connectivity index (χ3v) is 3.64. The lowest BCUT2D eigenvalue weighted by Gasteiger charge is -2.33. The first-order chi connectivity index (χ1) is 10.3. The summed E-state index contributed by atoms with van der Waals surface area (Å²) in [4.78, 5) is 3.87. The van der Waals surface area contributed by atoms with Gasteiger partial charge in [0.25, 0.3) is 5.72 Å². The average molecular weight is 376 g/mol. The number of rotatable bonds is 2. The third kappa shape index (κ3) is 2.40. The second-order valence-electron chi connectivity index (χ2n) is 4.66. The van der Waals surface area contributed by atoms with Crippen LogP contribution in [0.15, 0.2) is 50.7 Å². The number of alkyl halides is 3. The maximum absolute atomic E-state index is 13.3. The Morgan fingerprint density at radius 2 is 2.09 bits per heavy atom. The molecule has 3 rings (SSSR count). The fourth-order valence-corrected chi connectivity index (χ4v) is 2.32. The number of hydrazone groups is 1. The second kappa shape index (κ2) is 5.10. The number of aliphatic hydroxyl groups is 1. The van der Waals surface area contributed by atoms with E-state index < -0.39 is 18.3 Å². The van der Waals surface area contributed by atoms with Crippen LogP contribution < -0.4 is 5.01 Å². The minimum atomic E-state index is -4.92. The van der Waals surface area contributed by atoms with Gasteiger partial charge in [-0.1, -0.05) is 0 Å². The normalized spacial score (nSPS) is 22.0. The maximum Gasteiger partial charge on any atom is 0.438 e. The highest BCUT2D eigenvalue weighted by Crippen LogP contribution is 2.43. The van der Waals surface area contributed by atoms with E-state index in [0.717, 1.165) is 0 Å². The van der Waals surface area contributed by atoms with Crippen molar-refractivity contribution >= 4 is 27.5 Å². The number of hydrogen-bond donors (Lipinski definition) is 1. The van der Waals surface area contributed by atoms with E-state index in [-0.39, 0.29) is 17.3 Å². The number of pyridine rings is 1. The summed E-state index contributed by atoms with van der Waals surface area (Å²) >= 11 is 3.15. The Hall–Kier alpha value is -1.87. The Balaban J connectivity index is 2.07. The number of hydrogen-bond acceptors (Lipinski definition) is 5. The van der Waals surface area contributed by atoms with Crippen molar-refractivity contribution in [3.8, 4) is 0 Å². The lowest BCUT2D eigenvalue weighted by atomic mass is 10.1.